The molecule has 2 aromatic carbocycles. The van der Waals surface area contributed by atoms with E-state index in [1.807, 2.05) is 36.4 Å². The molecule has 2 rings (SSSR count). The lowest BCUT2D eigenvalue weighted by Crippen LogP contribution is -1.87. The molecule has 0 fully saturated rings. The second kappa shape index (κ2) is 6.60. The minimum Gasteiger partial charge on any atom is -0.457 e. The lowest BCUT2D eigenvalue weighted by Gasteiger charge is -2.08. The normalized spacial score (nSPS) is 9.95. The van der Waals surface area contributed by atoms with Crippen molar-refractivity contribution in [3.63, 3.8) is 0 Å². The number of rotatable bonds is 4. The van der Waals surface area contributed by atoms with Gasteiger partial charge in [0.1, 0.15) is 11.5 Å². The highest BCUT2D eigenvalue weighted by Gasteiger charge is 2.03. The van der Waals surface area contributed by atoms with Crippen LogP contribution in [0.3, 0.4) is 0 Å². The third-order valence-electron chi connectivity index (χ3n) is 2.61. The quantitative estimate of drug-likeness (QED) is 0.728. The van der Waals surface area contributed by atoms with Crippen molar-refractivity contribution in [2.45, 2.75) is 11.8 Å². The molecule has 0 heterocycles. The van der Waals surface area contributed by atoms with Gasteiger partial charge < -0.3 is 4.74 Å². The molecule has 0 spiro atoms. The number of alkyl halides is 1. The molecule has 0 unspecified atom stereocenters. The molecule has 19 heavy (non-hydrogen) atoms. The van der Waals surface area contributed by atoms with E-state index in [2.05, 4.69) is 22.0 Å². The van der Waals surface area contributed by atoms with Gasteiger partial charge in [-0.15, -0.1) is 0 Å². The van der Waals surface area contributed by atoms with E-state index >= 15 is 0 Å². The molecule has 96 valence electrons. The third-order valence-corrected chi connectivity index (χ3v) is 3.57. The summed E-state index contributed by atoms with van der Waals surface area (Å²) in [5, 5.41) is 10.00. The molecule has 4 heteroatoms. The van der Waals surface area contributed by atoms with Crippen LogP contribution in [0.2, 0.25) is 5.02 Å². The van der Waals surface area contributed by atoms with Crippen molar-refractivity contribution in [3.8, 4) is 17.6 Å². The van der Waals surface area contributed by atoms with E-state index in [0.29, 0.717) is 17.2 Å². The van der Waals surface area contributed by atoms with Gasteiger partial charge in [0, 0.05) is 10.4 Å². The molecular formula is C15H11BrClNO. The maximum absolute atomic E-state index is 8.60. The van der Waals surface area contributed by atoms with Gasteiger partial charge in [-0.1, -0.05) is 45.7 Å². The summed E-state index contributed by atoms with van der Waals surface area (Å²) in [5.41, 5.74) is 2.00. The van der Waals surface area contributed by atoms with E-state index in [9.17, 15) is 0 Å². The lowest BCUT2D eigenvalue weighted by molar-refractivity contribution is 0.482. The Bertz CT molecular complexity index is 605. The van der Waals surface area contributed by atoms with Crippen molar-refractivity contribution in [3.05, 3.63) is 58.6 Å². The van der Waals surface area contributed by atoms with Crippen molar-refractivity contribution in [2.24, 2.45) is 0 Å². The van der Waals surface area contributed by atoms with Gasteiger partial charge in [0.05, 0.1) is 12.5 Å². The summed E-state index contributed by atoms with van der Waals surface area (Å²) in [6, 6.07) is 15.2. The smallest absolute Gasteiger partial charge is 0.128 e. The Labute approximate surface area is 125 Å². The summed E-state index contributed by atoms with van der Waals surface area (Å²) in [4.78, 5) is 0. The molecule has 0 aliphatic heterocycles. The molecule has 0 N–H and O–H groups in total. The maximum atomic E-state index is 8.60. The van der Waals surface area contributed by atoms with Crippen LogP contribution in [0.25, 0.3) is 0 Å². The molecule has 0 amide bonds. The molecule has 2 nitrogen and oxygen atoms in total. The fourth-order valence-corrected chi connectivity index (χ4v) is 2.49. The summed E-state index contributed by atoms with van der Waals surface area (Å²) in [6.45, 7) is 0. The summed E-state index contributed by atoms with van der Waals surface area (Å²) in [5.74, 6) is 1.42. The Kier molecular flexibility index (Phi) is 4.84. The second-order valence-electron chi connectivity index (χ2n) is 3.97. The topological polar surface area (TPSA) is 33.0 Å². The zero-order valence-corrected chi connectivity index (χ0v) is 12.4. The molecule has 0 aliphatic carbocycles. The number of benzene rings is 2. The number of nitrogens with zero attached hydrogens (tertiary/aromatic N) is 1. The highest BCUT2D eigenvalue weighted by Crippen LogP contribution is 2.28. The highest BCUT2D eigenvalue weighted by molar-refractivity contribution is 9.08. The predicted molar refractivity (Wildman–Crippen MR) is 79.9 cm³/mol. The SMILES string of the molecule is N#CCc1ccc(Oc2ccc(CBr)c(Cl)c2)cc1. The number of nitriles is 1. The van der Waals surface area contributed by atoms with Gasteiger partial charge >= 0.3 is 0 Å². The van der Waals surface area contributed by atoms with Crippen LogP contribution in [0.15, 0.2) is 42.5 Å². The molecule has 0 atom stereocenters. The van der Waals surface area contributed by atoms with Gasteiger partial charge in [-0.3, -0.25) is 0 Å². The molecule has 0 saturated carbocycles. The van der Waals surface area contributed by atoms with Gasteiger partial charge in [-0.2, -0.15) is 5.26 Å². The fraction of sp³-hybridized carbons (Fsp3) is 0.133. The van der Waals surface area contributed by atoms with Crippen LogP contribution in [0.5, 0.6) is 11.5 Å². The zero-order valence-electron chi connectivity index (χ0n) is 10.1. The third kappa shape index (κ3) is 3.73. The van der Waals surface area contributed by atoms with E-state index in [1.165, 1.54) is 0 Å². The Morgan fingerprint density at radius 2 is 1.79 bits per heavy atom. The maximum Gasteiger partial charge on any atom is 0.128 e. The molecular weight excluding hydrogens is 326 g/mol. The van der Waals surface area contributed by atoms with Crippen LogP contribution in [0, 0.1) is 11.3 Å². The first-order valence-electron chi connectivity index (χ1n) is 5.71. The number of halogens is 2. The van der Waals surface area contributed by atoms with Crippen LogP contribution in [0.1, 0.15) is 11.1 Å². The molecule has 0 bridgehead atoms. The first-order valence-corrected chi connectivity index (χ1v) is 7.21. The Morgan fingerprint density at radius 3 is 2.37 bits per heavy atom. The predicted octanol–water partition coefficient (Wildman–Crippen LogP) is 5.09. The molecule has 0 aliphatic rings. The first-order chi connectivity index (χ1) is 9.22. The Hall–Kier alpha value is -1.50. The van der Waals surface area contributed by atoms with E-state index in [4.69, 9.17) is 21.6 Å². The molecule has 0 saturated heterocycles. The van der Waals surface area contributed by atoms with Crippen LogP contribution in [0.4, 0.5) is 0 Å². The number of ether oxygens (including phenoxy) is 1. The van der Waals surface area contributed by atoms with Gasteiger partial charge in [-0.05, 0) is 35.4 Å². The molecule has 0 radical (unpaired) electrons. The lowest BCUT2D eigenvalue weighted by atomic mass is 10.2. The Morgan fingerprint density at radius 1 is 1.11 bits per heavy atom. The summed E-state index contributed by atoms with van der Waals surface area (Å²) in [7, 11) is 0. The molecule has 2 aromatic rings. The standard InChI is InChI=1S/C15H11BrClNO/c16-10-12-3-6-14(9-15(12)17)19-13-4-1-11(2-5-13)7-8-18/h1-6,9H,7,10H2. The minimum absolute atomic E-state index is 0.409. The largest absolute Gasteiger partial charge is 0.457 e. The molecule has 0 aromatic heterocycles. The van der Waals surface area contributed by atoms with E-state index in [1.54, 1.807) is 6.07 Å². The zero-order chi connectivity index (χ0) is 13.7. The van der Waals surface area contributed by atoms with Crippen LogP contribution < -0.4 is 4.74 Å². The summed E-state index contributed by atoms with van der Waals surface area (Å²) < 4.78 is 5.71. The van der Waals surface area contributed by atoms with Crippen molar-refractivity contribution in [1.82, 2.24) is 0 Å². The van der Waals surface area contributed by atoms with Crippen molar-refractivity contribution in [2.75, 3.05) is 0 Å². The van der Waals surface area contributed by atoms with Crippen molar-refractivity contribution < 1.29 is 4.74 Å². The average molecular weight is 337 g/mol. The highest BCUT2D eigenvalue weighted by atomic mass is 79.9. The van der Waals surface area contributed by atoms with E-state index < -0.39 is 0 Å². The van der Waals surface area contributed by atoms with Gasteiger partial charge in [0.25, 0.3) is 0 Å². The monoisotopic (exact) mass is 335 g/mol. The summed E-state index contributed by atoms with van der Waals surface area (Å²) >= 11 is 9.49. The van der Waals surface area contributed by atoms with Gasteiger partial charge in [-0.25, -0.2) is 0 Å². The van der Waals surface area contributed by atoms with Crippen molar-refractivity contribution in [1.29, 1.82) is 5.26 Å². The van der Waals surface area contributed by atoms with Gasteiger partial charge in [0.15, 0.2) is 0 Å². The van der Waals surface area contributed by atoms with Crippen LogP contribution in [-0.2, 0) is 11.8 Å². The van der Waals surface area contributed by atoms with Gasteiger partial charge in [0.2, 0.25) is 0 Å². The minimum atomic E-state index is 0.409. The summed E-state index contributed by atoms with van der Waals surface area (Å²) in [6.07, 6.45) is 0.409. The second-order valence-corrected chi connectivity index (χ2v) is 4.94. The number of hydrogen-bond donors (Lipinski definition) is 0. The first kappa shape index (κ1) is 13.9. The Balaban J connectivity index is 2.12. The fourth-order valence-electron chi connectivity index (χ4n) is 1.60. The van der Waals surface area contributed by atoms with Crippen LogP contribution >= 0.6 is 27.5 Å². The van der Waals surface area contributed by atoms with E-state index in [-0.39, 0.29) is 0 Å². The average Bonchev–Trinajstić information content (AvgIpc) is 2.42. The van der Waals surface area contributed by atoms with E-state index in [0.717, 1.165) is 22.2 Å². The van der Waals surface area contributed by atoms with Crippen molar-refractivity contribution >= 4 is 27.5 Å². The number of hydrogen-bond acceptors (Lipinski definition) is 2. The van der Waals surface area contributed by atoms with Crippen LogP contribution in [-0.4, -0.2) is 0 Å².